The molecule has 0 aliphatic carbocycles. The molecule has 0 saturated carbocycles. The molecule has 158 valence electrons. The summed E-state index contributed by atoms with van der Waals surface area (Å²) in [6.45, 7) is -0.109. The molecule has 1 atom stereocenters. The molecule has 30 heavy (non-hydrogen) atoms. The van der Waals surface area contributed by atoms with Gasteiger partial charge >= 0.3 is 5.97 Å². The first-order valence-corrected chi connectivity index (χ1v) is 9.05. The van der Waals surface area contributed by atoms with Gasteiger partial charge < -0.3 is 4.74 Å². The third kappa shape index (κ3) is 3.97. The number of hydrogen-bond donors (Lipinski definition) is 1. The number of fused-ring (bicyclic) bond motifs is 1. The Morgan fingerprint density at radius 1 is 1.23 bits per heavy atom. The van der Waals surface area contributed by atoms with Gasteiger partial charge in [-0.2, -0.15) is 0 Å². The van der Waals surface area contributed by atoms with Gasteiger partial charge in [-0.3, -0.25) is 49.4 Å². The number of carbonyl (C=O) groups excluding carboxylic acids is 5. The average Bonchev–Trinajstić information content (AvgIpc) is 2.96. The number of benzene rings is 1. The molecule has 0 spiro atoms. The number of amides is 4. The van der Waals surface area contributed by atoms with Gasteiger partial charge in [-0.1, -0.05) is 0 Å². The van der Waals surface area contributed by atoms with E-state index in [-0.39, 0.29) is 49.2 Å². The zero-order chi connectivity index (χ0) is 22.0. The minimum Gasteiger partial charge on any atom is -0.469 e. The van der Waals surface area contributed by atoms with E-state index >= 15 is 0 Å². The molecule has 3 rings (SSSR count). The largest absolute Gasteiger partial charge is 0.469 e. The van der Waals surface area contributed by atoms with Crippen LogP contribution in [-0.4, -0.2) is 64.6 Å². The lowest BCUT2D eigenvalue weighted by molar-refractivity contribution is -0.384. The van der Waals surface area contributed by atoms with E-state index in [1.807, 2.05) is 0 Å². The van der Waals surface area contributed by atoms with Crippen molar-refractivity contribution >= 4 is 35.3 Å². The van der Waals surface area contributed by atoms with Gasteiger partial charge in [0.25, 0.3) is 17.5 Å². The molecule has 4 amide bonds. The minimum absolute atomic E-state index is 0.0338. The number of methoxy groups -OCH3 is 1. The Labute approximate surface area is 169 Å². The van der Waals surface area contributed by atoms with Crippen LogP contribution in [0.25, 0.3) is 0 Å². The Morgan fingerprint density at radius 2 is 1.93 bits per heavy atom. The lowest BCUT2D eigenvalue weighted by Crippen LogP contribution is -2.54. The number of nitrogens with zero attached hydrogens (tertiary/aromatic N) is 3. The molecule has 2 aliphatic rings. The van der Waals surface area contributed by atoms with Crippen LogP contribution in [0.2, 0.25) is 0 Å². The van der Waals surface area contributed by atoms with Crippen molar-refractivity contribution in [3.63, 3.8) is 0 Å². The van der Waals surface area contributed by atoms with Gasteiger partial charge in [-0.25, -0.2) is 0 Å². The van der Waals surface area contributed by atoms with E-state index in [0.717, 1.165) is 22.0 Å². The molecule has 0 bridgehead atoms. The molecule has 0 radical (unpaired) electrons. The third-order valence-corrected chi connectivity index (χ3v) is 4.87. The molecular formula is C18H18N4O8. The molecule has 2 heterocycles. The Hall–Kier alpha value is -3.83. The van der Waals surface area contributed by atoms with Gasteiger partial charge in [-0.05, 0) is 12.5 Å². The maximum absolute atomic E-state index is 12.4. The smallest absolute Gasteiger partial charge is 0.311 e. The Bertz CT molecular complexity index is 960. The Morgan fingerprint density at radius 3 is 2.60 bits per heavy atom. The molecule has 0 aromatic heterocycles. The summed E-state index contributed by atoms with van der Waals surface area (Å²) in [5.41, 5.74) is 2.10. The van der Waals surface area contributed by atoms with Crippen LogP contribution in [0.3, 0.4) is 0 Å². The minimum atomic E-state index is -0.764. The van der Waals surface area contributed by atoms with Crippen molar-refractivity contribution in [2.75, 3.05) is 20.2 Å². The Balaban J connectivity index is 1.58. The number of imide groups is 1. The van der Waals surface area contributed by atoms with Crippen molar-refractivity contribution < 1.29 is 33.6 Å². The summed E-state index contributed by atoms with van der Waals surface area (Å²) in [7, 11) is 1.19. The summed E-state index contributed by atoms with van der Waals surface area (Å²) in [5, 5.41) is 11.9. The zero-order valence-corrected chi connectivity index (χ0v) is 16.0. The van der Waals surface area contributed by atoms with Crippen molar-refractivity contribution in [1.82, 2.24) is 15.3 Å². The van der Waals surface area contributed by atoms with E-state index in [4.69, 9.17) is 0 Å². The number of hydrazine groups is 1. The van der Waals surface area contributed by atoms with Crippen LogP contribution in [0.5, 0.6) is 0 Å². The number of nitrogens with one attached hydrogen (secondary N) is 1. The van der Waals surface area contributed by atoms with Crippen molar-refractivity contribution in [3.05, 3.63) is 39.4 Å². The highest BCUT2D eigenvalue weighted by Gasteiger charge is 2.37. The normalized spacial score (nSPS) is 18.2. The van der Waals surface area contributed by atoms with Gasteiger partial charge in [0.05, 0.1) is 35.6 Å². The fourth-order valence-electron chi connectivity index (χ4n) is 3.36. The summed E-state index contributed by atoms with van der Waals surface area (Å²) < 4.78 is 4.61. The van der Waals surface area contributed by atoms with E-state index < -0.39 is 40.4 Å². The van der Waals surface area contributed by atoms with Crippen LogP contribution in [0.4, 0.5) is 5.69 Å². The van der Waals surface area contributed by atoms with Crippen molar-refractivity contribution in [3.8, 4) is 0 Å². The molecule has 1 unspecified atom stereocenters. The monoisotopic (exact) mass is 418 g/mol. The lowest BCUT2D eigenvalue weighted by Gasteiger charge is -2.31. The summed E-state index contributed by atoms with van der Waals surface area (Å²) in [6.07, 6.45) is -0.0684. The highest BCUT2D eigenvalue weighted by molar-refractivity contribution is 6.21. The number of esters is 1. The second-order valence-electron chi connectivity index (χ2n) is 6.82. The summed E-state index contributed by atoms with van der Waals surface area (Å²) in [5.74, 6) is -3.59. The summed E-state index contributed by atoms with van der Waals surface area (Å²) >= 11 is 0. The maximum atomic E-state index is 12.4. The van der Waals surface area contributed by atoms with Gasteiger partial charge in [-0.15, -0.1) is 0 Å². The van der Waals surface area contributed by atoms with E-state index in [2.05, 4.69) is 10.2 Å². The number of hydrogen-bond acceptors (Lipinski definition) is 8. The molecule has 12 nitrogen and oxygen atoms in total. The van der Waals surface area contributed by atoms with Gasteiger partial charge in [0, 0.05) is 31.5 Å². The van der Waals surface area contributed by atoms with Gasteiger partial charge in [0.15, 0.2) is 0 Å². The molecule has 1 aromatic carbocycles. The molecule has 12 heteroatoms. The maximum Gasteiger partial charge on any atom is 0.311 e. The predicted molar refractivity (Wildman–Crippen MR) is 97.7 cm³/mol. The lowest BCUT2D eigenvalue weighted by atomic mass is 10.0. The number of non-ortho nitro benzene ring substituents is 1. The zero-order valence-electron chi connectivity index (χ0n) is 16.0. The number of ether oxygens (including phenoxy) is 1. The van der Waals surface area contributed by atoms with Crippen LogP contribution < -0.4 is 5.43 Å². The van der Waals surface area contributed by atoms with E-state index in [1.54, 1.807) is 0 Å². The molecule has 1 fully saturated rings. The number of carbonyl (C=O) groups is 5. The molecular weight excluding hydrogens is 400 g/mol. The first kappa shape index (κ1) is 20.9. The first-order chi connectivity index (χ1) is 14.2. The summed E-state index contributed by atoms with van der Waals surface area (Å²) in [6, 6.07) is 3.43. The van der Waals surface area contributed by atoms with Crippen LogP contribution in [0, 0.1) is 16.0 Å². The van der Waals surface area contributed by atoms with Gasteiger partial charge in [0.1, 0.15) is 0 Å². The number of nitro benzene ring substituents is 1. The SMILES string of the molecule is COC(=O)C1CC(=O)NN(C(=O)CCCN2C(=O)c3ccc([N+](=O)[O-])cc3C2=O)C1. The summed E-state index contributed by atoms with van der Waals surface area (Å²) in [4.78, 5) is 71.7. The van der Waals surface area contributed by atoms with E-state index in [9.17, 15) is 34.1 Å². The fourth-order valence-corrected chi connectivity index (χ4v) is 3.36. The van der Waals surface area contributed by atoms with Crippen molar-refractivity contribution in [1.29, 1.82) is 0 Å². The second kappa shape index (κ2) is 8.27. The van der Waals surface area contributed by atoms with E-state index in [0.29, 0.717) is 0 Å². The topological polar surface area (TPSA) is 156 Å². The quantitative estimate of drug-likeness (QED) is 0.293. The number of rotatable bonds is 6. The third-order valence-electron chi connectivity index (χ3n) is 4.87. The van der Waals surface area contributed by atoms with Crippen LogP contribution in [0.15, 0.2) is 18.2 Å². The molecule has 1 saturated heterocycles. The van der Waals surface area contributed by atoms with E-state index in [1.165, 1.54) is 13.2 Å². The van der Waals surface area contributed by atoms with Gasteiger partial charge in [0.2, 0.25) is 11.8 Å². The molecule has 1 aromatic rings. The Kier molecular flexibility index (Phi) is 5.76. The van der Waals surface area contributed by atoms with Crippen LogP contribution in [0.1, 0.15) is 40.0 Å². The predicted octanol–water partition coefficient (Wildman–Crippen LogP) is 0.0237. The highest BCUT2D eigenvalue weighted by Crippen LogP contribution is 2.27. The average molecular weight is 418 g/mol. The fraction of sp³-hybridized carbons (Fsp3) is 0.389. The van der Waals surface area contributed by atoms with Crippen molar-refractivity contribution in [2.45, 2.75) is 19.3 Å². The number of nitro groups is 1. The molecule has 1 N–H and O–H groups in total. The van der Waals surface area contributed by atoms with Crippen LogP contribution in [-0.2, 0) is 19.1 Å². The van der Waals surface area contributed by atoms with Crippen LogP contribution >= 0.6 is 0 Å². The highest BCUT2D eigenvalue weighted by atomic mass is 16.6. The van der Waals surface area contributed by atoms with Crippen molar-refractivity contribution in [2.24, 2.45) is 5.92 Å². The first-order valence-electron chi connectivity index (χ1n) is 9.05. The standard InChI is InChI=1S/C18H18N4O8/c1-30-18(27)10-7-14(23)19-21(9-10)15(24)3-2-6-20-16(25)12-5-4-11(22(28)29)8-13(12)17(20)26/h4-5,8,10H,2-3,6-7,9H2,1H3,(H,19,23). The second-order valence-corrected chi connectivity index (χ2v) is 6.82. The molecule has 2 aliphatic heterocycles.